The lowest BCUT2D eigenvalue weighted by molar-refractivity contribution is -0.288. The third-order valence-electron chi connectivity index (χ3n) is 1.94. The van der Waals surface area contributed by atoms with Gasteiger partial charge in [0.25, 0.3) is 0 Å². The molecule has 14 heavy (non-hydrogen) atoms. The molecule has 78 valence electrons. The molecule has 1 heterocycles. The molecule has 1 rings (SSSR count). The Kier molecular flexibility index (Phi) is 3.14. The van der Waals surface area contributed by atoms with Crippen LogP contribution in [0.3, 0.4) is 0 Å². The van der Waals surface area contributed by atoms with E-state index in [0.29, 0.717) is 6.42 Å². The van der Waals surface area contributed by atoms with E-state index in [4.69, 9.17) is 21.0 Å². The lowest BCUT2D eigenvalue weighted by atomic mass is 10.1. The molecule has 0 aromatic heterocycles. The van der Waals surface area contributed by atoms with E-state index >= 15 is 0 Å². The Morgan fingerprint density at radius 3 is 2.79 bits per heavy atom. The number of carboxylic acid groups (broad SMARTS) is 1. The van der Waals surface area contributed by atoms with Crippen LogP contribution in [0.5, 0.6) is 0 Å². The first kappa shape index (κ1) is 11.0. The molecule has 1 N–H and O–H groups in total. The highest BCUT2D eigenvalue weighted by atomic mass is 16.7. The van der Waals surface area contributed by atoms with Gasteiger partial charge < -0.3 is 14.6 Å². The number of rotatable bonds is 2. The molecule has 0 amide bonds. The van der Waals surface area contributed by atoms with Crippen LogP contribution < -0.4 is 0 Å². The third kappa shape index (κ3) is 3.02. The largest absolute Gasteiger partial charge is 0.481 e. The molecule has 4 heteroatoms. The van der Waals surface area contributed by atoms with Crippen molar-refractivity contribution >= 4 is 5.97 Å². The van der Waals surface area contributed by atoms with Gasteiger partial charge in [-0.05, 0) is 13.8 Å². The van der Waals surface area contributed by atoms with Crippen LogP contribution in [0.25, 0.3) is 0 Å². The first-order chi connectivity index (χ1) is 6.43. The zero-order valence-corrected chi connectivity index (χ0v) is 8.32. The molecule has 0 unspecified atom stereocenters. The fraction of sp³-hybridized carbons (Fsp3) is 0.700. The Balaban J connectivity index is 2.62. The van der Waals surface area contributed by atoms with Gasteiger partial charge in [0.15, 0.2) is 5.79 Å². The maximum atomic E-state index is 10.5. The third-order valence-corrected chi connectivity index (χ3v) is 1.94. The van der Waals surface area contributed by atoms with Gasteiger partial charge in [0, 0.05) is 6.42 Å². The van der Waals surface area contributed by atoms with Crippen molar-refractivity contribution in [3.63, 3.8) is 0 Å². The van der Waals surface area contributed by atoms with Crippen molar-refractivity contribution in [2.45, 2.75) is 44.7 Å². The monoisotopic (exact) mass is 198 g/mol. The summed E-state index contributed by atoms with van der Waals surface area (Å²) < 4.78 is 10.8. The maximum absolute atomic E-state index is 10.5. The van der Waals surface area contributed by atoms with E-state index in [0.717, 1.165) is 0 Å². The van der Waals surface area contributed by atoms with E-state index in [-0.39, 0.29) is 18.6 Å². The van der Waals surface area contributed by atoms with E-state index in [1.165, 1.54) is 0 Å². The second-order valence-corrected chi connectivity index (χ2v) is 3.75. The van der Waals surface area contributed by atoms with Crippen LogP contribution in [0.15, 0.2) is 0 Å². The highest BCUT2D eigenvalue weighted by molar-refractivity contribution is 5.67. The summed E-state index contributed by atoms with van der Waals surface area (Å²) in [7, 11) is 0. The molecule has 1 aliphatic heterocycles. The predicted molar refractivity (Wildman–Crippen MR) is 49.5 cm³/mol. The predicted octanol–water partition coefficient (Wildman–Crippen LogP) is 1.00. The molecule has 1 saturated heterocycles. The summed E-state index contributed by atoms with van der Waals surface area (Å²) in [6, 6.07) is 0. The van der Waals surface area contributed by atoms with Gasteiger partial charge in [-0.2, -0.15) is 0 Å². The summed E-state index contributed by atoms with van der Waals surface area (Å²) >= 11 is 0. The smallest absolute Gasteiger partial charge is 0.305 e. The number of hydrogen-bond donors (Lipinski definition) is 1. The molecule has 2 atom stereocenters. The fourth-order valence-corrected chi connectivity index (χ4v) is 1.53. The normalized spacial score (nSPS) is 30.6. The van der Waals surface area contributed by atoms with Crippen LogP contribution in [0, 0.1) is 12.3 Å². The van der Waals surface area contributed by atoms with Crippen molar-refractivity contribution in [1.29, 1.82) is 0 Å². The van der Waals surface area contributed by atoms with Crippen LogP contribution in [0.2, 0.25) is 0 Å². The van der Waals surface area contributed by atoms with Crippen LogP contribution >= 0.6 is 0 Å². The van der Waals surface area contributed by atoms with Gasteiger partial charge in [-0.15, -0.1) is 6.42 Å². The Morgan fingerprint density at radius 2 is 2.29 bits per heavy atom. The van der Waals surface area contributed by atoms with Crippen molar-refractivity contribution in [3.8, 4) is 12.3 Å². The average Bonchev–Trinajstić information content (AvgIpc) is 1.99. The lowest BCUT2D eigenvalue weighted by Gasteiger charge is -2.38. The van der Waals surface area contributed by atoms with E-state index in [9.17, 15) is 4.79 Å². The average molecular weight is 198 g/mol. The molecule has 0 aromatic rings. The molecule has 0 bridgehead atoms. The summed E-state index contributed by atoms with van der Waals surface area (Å²) in [5, 5.41) is 8.62. The zero-order valence-electron chi connectivity index (χ0n) is 8.32. The van der Waals surface area contributed by atoms with Crippen LogP contribution in [-0.4, -0.2) is 29.1 Å². The van der Waals surface area contributed by atoms with Crippen molar-refractivity contribution in [1.82, 2.24) is 0 Å². The van der Waals surface area contributed by atoms with Crippen molar-refractivity contribution in [2.24, 2.45) is 0 Å². The molecule has 1 aliphatic rings. The first-order valence-electron chi connectivity index (χ1n) is 4.46. The number of carboxylic acids is 1. The standard InChI is InChI=1S/C10H14O4/c1-4-7-5-8(6-9(11)12)14-10(2,3)13-7/h1,7-8H,5-6H2,2-3H3,(H,11,12)/t7-,8-/m1/s1. The Hall–Kier alpha value is -1.05. The van der Waals surface area contributed by atoms with Gasteiger partial charge >= 0.3 is 5.97 Å². The topological polar surface area (TPSA) is 55.8 Å². The van der Waals surface area contributed by atoms with Gasteiger partial charge in [-0.25, -0.2) is 0 Å². The minimum atomic E-state index is -0.886. The van der Waals surface area contributed by atoms with Gasteiger partial charge in [0.1, 0.15) is 6.10 Å². The van der Waals surface area contributed by atoms with E-state index in [1.807, 2.05) is 0 Å². The summed E-state index contributed by atoms with van der Waals surface area (Å²) in [6.45, 7) is 3.46. The fourth-order valence-electron chi connectivity index (χ4n) is 1.53. The Morgan fingerprint density at radius 1 is 1.64 bits per heavy atom. The van der Waals surface area contributed by atoms with E-state index < -0.39 is 11.8 Å². The molecule has 0 aromatic carbocycles. The highest BCUT2D eigenvalue weighted by Crippen LogP contribution is 2.27. The highest BCUT2D eigenvalue weighted by Gasteiger charge is 2.35. The van der Waals surface area contributed by atoms with E-state index in [2.05, 4.69) is 5.92 Å². The lowest BCUT2D eigenvalue weighted by Crippen LogP contribution is -2.44. The van der Waals surface area contributed by atoms with Gasteiger partial charge in [-0.1, -0.05) is 5.92 Å². The molecule has 4 nitrogen and oxygen atoms in total. The molecular formula is C10H14O4. The summed E-state index contributed by atoms with van der Waals surface area (Å²) in [5.41, 5.74) is 0. The van der Waals surface area contributed by atoms with Crippen molar-refractivity contribution in [2.75, 3.05) is 0 Å². The van der Waals surface area contributed by atoms with Crippen LogP contribution in [0.4, 0.5) is 0 Å². The molecule has 0 radical (unpaired) electrons. The molecule has 0 spiro atoms. The molecule has 0 aliphatic carbocycles. The minimum Gasteiger partial charge on any atom is -0.481 e. The molecule has 0 saturated carbocycles. The second-order valence-electron chi connectivity index (χ2n) is 3.75. The number of carbonyl (C=O) groups is 1. The zero-order chi connectivity index (χ0) is 10.8. The quantitative estimate of drug-likeness (QED) is 0.673. The van der Waals surface area contributed by atoms with Crippen LogP contribution in [0.1, 0.15) is 26.7 Å². The SMILES string of the molecule is C#C[C@@H]1C[C@H](CC(=O)O)OC(C)(C)O1. The summed E-state index contributed by atoms with van der Waals surface area (Å²) in [6.07, 6.45) is 4.92. The number of hydrogen-bond acceptors (Lipinski definition) is 3. The Labute approximate surface area is 83.2 Å². The van der Waals surface area contributed by atoms with Gasteiger partial charge in [-0.3, -0.25) is 4.79 Å². The van der Waals surface area contributed by atoms with Crippen LogP contribution in [-0.2, 0) is 14.3 Å². The first-order valence-corrected chi connectivity index (χ1v) is 4.46. The van der Waals surface area contributed by atoms with Crippen molar-refractivity contribution in [3.05, 3.63) is 0 Å². The number of aliphatic carboxylic acids is 1. The van der Waals surface area contributed by atoms with Gasteiger partial charge in [0.2, 0.25) is 0 Å². The molecule has 1 fully saturated rings. The number of ether oxygens (including phenoxy) is 2. The number of terminal acetylenes is 1. The van der Waals surface area contributed by atoms with E-state index in [1.54, 1.807) is 13.8 Å². The van der Waals surface area contributed by atoms with Gasteiger partial charge in [0.05, 0.1) is 12.5 Å². The van der Waals surface area contributed by atoms with Crippen molar-refractivity contribution < 1.29 is 19.4 Å². The minimum absolute atomic E-state index is 0.0367. The summed E-state index contributed by atoms with van der Waals surface area (Å²) in [5.74, 6) is 0.786. The second kappa shape index (κ2) is 3.99. The Bertz CT molecular complexity index is 264. The summed E-state index contributed by atoms with van der Waals surface area (Å²) in [4.78, 5) is 10.5. The maximum Gasteiger partial charge on any atom is 0.305 e. The molecular weight excluding hydrogens is 184 g/mol.